The van der Waals surface area contributed by atoms with Gasteiger partial charge in [0.25, 0.3) is 11.5 Å². The second-order valence-corrected chi connectivity index (χ2v) is 8.78. The summed E-state index contributed by atoms with van der Waals surface area (Å²) < 4.78 is 53.5. The maximum Gasteiger partial charge on any atom is 0.387 e. The molecule has 0 radical (unpaired) electrons. The van der Waals surface area contributed by atoms with Gasteiger partial charge in [-0.3, -0.25) is 14.2 Å². The van der Waals surface area contributed by atoms with Crippen LogP contribution in [0.15, 0.2) is 47.5 Å². The summed E-state index contributed by atoms with van der Waals surface area (Å²) in [6.07, 6.45) is 5.86. The summed E-state index contributed by atoms with van der Waals surface area (Å²) in [5.74, 6) is -1.25. The molecule has 0 unspecified atom stereocenters. The van der Waals surface area contributed by atoms with E-state index in [1.807, 2.05) is 0 Å². The van der Waals surface area contributed by atoms with E-state index in [1.165, 1.54) is 36.1 Å². The minimum Gasteiger partial charge on any atom is -0.493 e. The number of likely N-dealkylation sites (tertiary alicyclic amines) is 1. The molecule has 7 nitrogen and oxygen atoms in total. The van der Waals surface area contributed by atoms with Crippen LogP contribution in [0.3, 0.4) is 0 Å². The minimum absolute atomic E-state index is 0.0253. The Labute approximate surface area is 204 Å². The Morgan fingerprint density at radius 2 is 1.72 bits per heavy atom. The molecule has 188 valence electrons. The molecule has 0 atom stereocenters. The van der Waals surface area contributed by atoms with E-state index in [4.69, 9.17) is 4.74 Å². The van der Waals surface area contributed by atoms with Gasteiger partial charge in [0.1, 0.15) is 5.82 Å². The van der Waals surface area contributed by atoms with Gasteiger partial charge < -0.3 is 18.9 Å². The second kappa shape index (κ2) is 9.25. The predicted molar refractivity (Wildman–Crippen MR) is 129 cm³/mol. The number of pyridine rings is 1. The first-order chi connectivity index (χ1) is 17.3. The first-order valence-electron chi connectivity index (χ1n) is 11.5. The average molecular weight is 499 g/mol. The van der Waals surface area contributed by atoms with E-state index in [1.54, 1.807) is 28.8 Å². The number of methoxy groups -OCH3 is 1. The number of amides is 1. The van der Waals surface area contributed by atoms with Crippen molar-refractivity contribution in [2.75, 3.05) is 20.2 Å². The topological polar surface area (TPSA) is 65.7 Å². The van der Waals surface area contributed by atoms with Crippen LogP contribution < -0.4 is 15.0 Å². The van der Waals surface area contributed by atoms with E-state index in [2.05, 4.69) is 4.74 Å². The Morgan fingerprint density at radius 1 is 1.00 bits per heavy atom. The van der Waals surface area contributed by atoms with Crippen molar-refractivity contribution in [2.45, 2.75) is 25.9 Å². The van der Waals surface area contributed by atoms with Crippen molar-refractivity contribution >= 4 is 27.6 Å². The fourth-order valence-corrected chi connectivity index (χ4v) is 4.83. The van der Waals surface area contributed by atoms with Gasteiger partial charge in [-0.1, -0.05) is 0 Å². The van der Waals surface area contributed by atoms with E-state index < -0.39 is 18.0 Å². The van der Waals surface area contributed by atoms with Crippen LogP contribution in [0.1, 0.15) is 29.6 Å². The molecule has 3 heterocycles. The Balaban J connectivity index is 1.83. The molecule has 5 rings (SSSR count). The van der Waals surface area contributed by atoms with Crippen molar-refractivity contribution in [3.05, 3.63) is 64.5 Å². The molecule has 2 aromatic heterocycles. The molecule has 36 heavy (non-hydrogen) atoms. The van der Waals surface area contributed by atoms with Crippen molar-refractivity contribution in [2.24, 2.45) is 7.05 Å². The lowest BCUT2D eigenvalue weighted by Crippen LogP contribution is -2.36. The fourth-order valence-electron chi connectivity index (χ4n) is 4.83. The van der Waals surface area contributed by atoms with Gasteiger partial charge in [-0.2, -0.15) is 8.78 Å². The van der Waals surface area contributed by atoms with Crippen molar-refractivity contribution in [1.82, 2.24) is 14.0 Å². The van der Waals surface area contributed by atoms with Crippen LogP contribution in [0.5, 0.6) is 11.5 Å². The number of aryl methyl sites for hydroxylation is 1. The monoisotopic (exact) mass is 499 g/mol. The van der Waals surface area contributed by atoms with Crippen molar-refractivity contribution in [3.8, 4) is 17.2 Å². The number of hydrogen-bond donors (Lipinski definition) is 0. The lowest BCUT2D eigenvalue weighted by atomic mass is 10.0. The first kappa shape index (κ1) is 23.8. The smallest absolute Gasteiger partial charge is 0.387 e. The summed E-state index contributed by atoms with van der Waals surface area (Å²) in [5.41, 5.74) is 0.356. The zero-order valence-electron chi connectivity index (χ0n) is 19.8. The van der Waals surface area contributed by atoms with Crippen LogP contribution in [-0.4, -0.2) is 46.8 Å². The highest BCUT2D eigenvalue weighted by molar-refractivity contribution is 6.07. The third-order valence-electron chi connectivity index (χ3n) is 6.60. The van der Waals surface area contributed by atoms with Crippen molar-refractivity contribution in [3.63, 3.8) is 0 Å². The zero-order chi connectivity index (χ0) is 25.6. The molecule has 0 spiro atoms. The molecule has 2 aromatic carbocycles. The highest BCUT2D eigenvalue weighted by Crippen LogP contribution is 2.35. The molecule has 1 aliphatic heterocycles. The maximum atomic E-state index is 14.6. The lowest BCUT2D eigenvalue weighted by Gasteiger charge is -2.27. The molecule has 1 aliphatic rings. The number of carbonyl (C=O) groups excluding carboxylic acids is 1. The number of piperidine rings is 1. The molecule has 1 fully saturated rings. The molecule has 10 heteroatoms. The SMILES string of the molecule is COc1cc2c(C(=O)N3CCCCC3)cn(-c3cc(F)cc4c3ccn4C)c(=O)c2cc1OC(F)F. The van der Waals surface area contributed by atoms with E-state index in [0.717, 1.165) is 25.3 Å². The largest absolute Gasteiger partial charge is 0.493 e. The van der Waals surface area contributed by atoms with E-state index in [0.29, 0.717) is 24.0 Å². The molecule has 1 saturated heterocycles. The fraction of sp³-hybridized carbons (Fsp3) is 0.308. The number of nitrogens with zero attached hydrogens (tertiary/aromatic N) is 3. The number of alkyl halides is 2. The van der Waals surface area contributed by atoms with Crippen LogP contribution >= 0.6 is 0 Å². The second-order valence-electron chi connectivity index (χ2n) is 8.78. The molecular weight excluding hydrogens is 475 g/mol. The number of aromatic nitrogens is 2. The highest BCUT2D eigenvalue weighted by atomic mass is 19.3. The number of fused-ring (bicyclic) bond motifs is 2. The van der Waals surface area contributed by atoms with Gasteiger partial charge in [0.15, 0.2) is 11.5 Å². The summed E-state index contributed by atoms with van der Waals surface area (Å²) >= 11 is 0. The van der Waals surface area contributed by atoms with Gasteiger partial charge in [0, 0.05) is 43.3 Å². The van der Waals surface area contributed by atoms with Gasteiger partial charge in [-0.25, -0.2) is 4.39 Å². The summed E-state index contributed by atoms with van der Waals surface area (Å²) in [6.45, 7) is -2.03. The Bertz CT molecular complexity index is 1540. The Kier molecular flexibility index (Phi) is 6.11. The highest BCUT2D eigenvalue weighted by Gasteiger charge is 2.25. The van der Waals surface area contributed by atoms with E-state index >= 15 is 0 Å². The average Bonchev–Trinajstić information content (AvgIpc) is 3.24. The minimum atomic E-state index is -3.15. The summed E-state index contributed by atoms with van der Waals surface area (Å²) in [7, 11) is 3.03. The quantitative estimate of drug-likeness (QED) is 0.394. The van der Waals surface area contributed by atoms with Crippen molar-refractivity contribution in [1.29, 1.82) is 0 Å². The Hall–Kier alpha value is -3.95. The van der Waals surface area contributed by atoms with Gasteiger partial charge in [-0.15, -0.1) is 0 Å². The number of halogens is 3. The summed E-state index contributed by atoms with van der Waals surface area (Å²) in [5, 5.41) is 0.808. The van der Waals surface area contributed by atoms with Gasteiger partial charge in [0.05, 0.1) is 29.3 Å². The van der Waals surface area contributed by atoms with Gasteiger partial charge in [-0.05, 0) is 49.6 Å². The summed E-state index contributed by atoms with van der Waals surface area (Å²) in [4.78, 5) is 29.1. The van der Waals surface area contributed by atoms with Crippen LogP contribution in [0.2, 0.25) is 0 Å². The van der Waals surface area contributed by atoms with Crippen LogP contribution in [0, 0.1) is 5.82 Å². The molecule has 0 bridgehead atoms. The van der Waals surface area contributed by atoms with E-state index in [9.17, 15) is 22.8 Å². The zero-order valence-corrected chi connectivity index (χ0v) is 19.8. The van der Waals surface area contributed by atoms with Crippen LogP contribution in [0.25, 0.3) is 27.4 Å². The number of ether oxygens (including phenoxy) is 2. The standard InChI is InChI=1S/C26H24F3N3O4/c1-30-9-6-16-20(30)10-15(27)11-21(16)32-14-19(24(33)31-7-4-3-5-8-31)17-12-22(35-2)23(36-26(28)29)13-18(17)25(32)34/h6,9-14,26H,3-5,7-8H2,1-2H3. The van der Waals surface area contributed by atoms with Gasteiger partial charge in [0.2, 0.25) is 0 Å². The molecule has 4 aromatic rings. The first-order valence-corrected chi connectivity index (χ1v) is 11.5. The number of hydrogen-bond acceptors (Lipinski definition) is 4. The molecular formula is C26H24F3N3O4. The predicted octanol–water partition coefficient (Wildman–Crippen LogP) is 4.86. The lowest BCUT2D eigenvalue weighted by molar-refractivity contribution is -0.0511. The van der Waals surface area contributed by atoms with E-state index in [-0.39, 0.29) is 39.4 Å². The summed E-state index contributed by atoms with van der Waals surface area (Å²) in [6, 6.07) is 6.81. The molecule has 1 amide bonds. The normalized spacial score (nSPS) is 14.1. The van der Waals surface area contributed by atoms with Crippen LogP contribution in [0.4, 0.5) is 13.2 Å². The maximum absolute atomic E-state index is 14.6. The number of benzene rings is 2. The Morgan fingerprint density at radius 3 is 2.42 bits per heavy atom. The third-order valence-corrected chi connectivity index (χ3v) is 6.60. The molecule has 0 saturated carbocycles. The molecule has 0 N–H and O–H groups in total. The third kappa shape index (κ3) is 4.06. The van der Waals surface area contributed by atoms with Crippen molar-refractivity contribution < 1.29 is 27.4 Å². The molecule has 0 aliphatic carbocycles. The number of rotatable bonds is 5. The van der Waals surface area contributed by atoms with Gasteiger partial charge >= 0.3 is 6.61 Å². The number of carbonyl (C=O) groups is 1. The van der Waals surface area contributed by atoms with Crippen LogP contribution in [-0.2, 0) is 7.05 Å².